The highest BCUT2D eigenvalue weighted by molar-refractivity contribution is 6.30. The Morgan fingerprint density at radius 1 is 0.821 bits per heavy atom. The van der Waals surface area contributed by atoms with E-state index in [0.29, 0.717) is 5.02 Å². The van der Waals surface area contributed by atoms with Gasteiger partial charge in [-0.3, -0.25) is 4.79 Å². The van der Waals surface area contributed by atoms with Gasteiger partial charge in [0.2, 0.25) is 0 Å². The van der Waals surface area contributed by atoms with Gasteiger partial charge in [-0.1, -0.05) is 116 Å². The molecule has 2 nitrogen and oxygen atoms in total. The monoisotopic (exact) mass is 529 g/mol. The average molecular weight is 530 g/mol. The molecule has 3 atom stereocenters. The zero-order chi connectivity index (χ0) is 27.2. The van der Waals surface area contributed by atoms with E-state index in [4.69, 9.17) is 11.6 Å². The summed E-state index contributed by atoms with van der Waals surface area (Å²) in [5.74, 6) is -0.324. The number of anilines is 1. The molecule has 4 aromatic rings. The fourth-order valence-electron chi connectivity index (χ4n) is 6.91. The number of para-hydroxylation sites is 1. The fourth-order valence-corrected chi connectivity index (χ4v) is 7.04. The van der Waals surface area contributed by atoms with Gasteiger partial charge in [0.1, 0.15) is 0 Å². The second-order valence-electron chi connectivity index (χ2n) is 10.8. The summed E-state index contributed by atoms with van der Waals surface area (Å²) < 4.78 is 0. The number of fused-ring (bicyclic) bond motifs is 1. The Hall–Kier alpha value is -3.88. The summed E-state index contributed by atoms with van der Waals surface area (Å²) in [7, 11) is 2.16. The Morgan fingerprint density at radius 3 is 2.10 bits per heavy atom. The predicted octanol–water partition coefficient (Wildman–Crippen LogP) is 8.88. The summed E-state index contributed by atoms with van der Waals surface area (Å²) in [4.78, 5) is 17.2. The highest BCUT2D eigenvalue weighted by Crippen LogP contribution is 2.61. The van der Waals surface area contributed by atoms with E-state index in [1.807, 2.05) is 60.7 Å². The van der Waals surface area contributed by atoms with E-state index in [2.05, 4.69) is 86.5 Å². The minimum Gasteiger partial charge on any atom is -0.363 e. The zero-order valence-electron chi connectivity index (χ0n) is 22.6. The molecule has 0 bridgehead atoms. The van der Waals surface area contributed by atoms with Crippen LogP contribution in [0, 0.1) is 5.92 Å². The molecule has 0 amide bonds. The maximum atomic E-state index is 14.8. The quantitative estimate of drug-likeness (QED) is 0.240. The number of likely N-dealkylation sites (N-methyl/N-ethyl adjacent to an activating group) is 1. The van der Waals surface area contributed by atoms with Gasteiger partial charge in [0.15, 0.2) is 5.78 Å². The van der Waals surface area contributed by atoms with Crippen LogP contribution in [0.2, 0.25) is 5.02 Å². The predicted molar refractivity (Wildman–Crippen MR) is 163 cm³/mol. The van der Waals surface area contributed by atoms with Crippen molar-refractivity contribution >= 4 is 34.2 Å². The molecule has 1 aliphatic heterocycles. The van der Waals surface area contributed by atoms with Gasteiger partial charge in [0.05, 0.1) is 11.5 Å². The topological polar surface area (TPSA) is 20.3 Å². The largest absolute Gasteiger partial charge is 0.363 e. The van der Waals surface area contributed by atoms with E-state index in [1.54, 1.807) is 0 Å². The lowest BCUT2D eigenvalue weighted by molar-refractivity contribution is 0.0877. The number of rotatable bonds is 5. The van der Waals surface area contributed by atoms with Gasteiger partial charge in [-0.05, 0) is 64.6 Å². The van der Waals surface area contributed by atoms with Gasteiger partial charge >= 0.3 is 0 Å². The Kier molecular flexibility index (Phi) is 6.32. The van der Waals surface area contributed by atoms with Gasteiger partial charge in [-0.25, -0.2) is 0 Å². The van der Waals surface area contributed by atoms with Gasteiger partial charge in [-0.2, -0.15) is 0 Å². The Bertz CT molecular complexity index is 1590. The first-order chi connectivity index (χ1) is 18.9. The molecule has 4 aromatic carbocycles. The Morgan fingerprint density at radius 2 is 1.44 bits per heavy atom. The molecular weight excluding hydrogens is 498 g/mol. The van der Waals surface area contributed by atoms with Gasteiger partial charge in [0.25, 0.3) is 0 Å². The van der Waals surface area contributed by atoms with E-state index < -0.39 is 11.5 Å². The molecule has 3 heteroatoms. The Labute approximate surface area is 236 Å². The number of ketones is 1. The van der Waals surface area contributed by atoms with Gasteiger partial charge in [0, 0.05) is 28.7 Å². The first-order valence-corrected chi connectivity index (χ1v) is 14.0. The van der Waals surface area contributed by atoms with E-state index in [9.17, 15) is 4.79 Å². The van der Waals surface area contributed by atoms with Crippen LogP contribution in [0.25, 0.3) is 11.1 Å². The van der Waals surface area contributed by atoms with E-state index in [-0.39, 0.29) is 11.2 Å². The van der Waals surface area contributed by atoms with Crippen LogP contribution in [0.1, 0.15) is 47.3 Å². The standard InChI is InChI=1S/C36H32ClNO/c1-4-35(2)31-17-11-12-18-32(31)38(3)36(35)24-28(25-13-7-5-8-14-25)23-30(26-19-21-29(37)22-20-26)33(36)34(39)27-15-9-6-10-16-27/h5-24,33H,4H2,1-3H3. The third-order valence-electron chi connectivity index (χ3n) is 9.05. The highest BCUT2D eigenvalue weighted by atomic mass is 35.5. The number of hydrogen-bond acceptors (Lipinski definition) is 2. The molecule has 0 saturated heterocycles. The van der Waals surface area contributed by atoms with Crippen LogP contribution in [0.5, 0.6) is 0 Å². The number of carbonyl (C=O) groups excluding carboxylic acids is 1. The van der Waals surface area contributed by atoms with Crippen molar-refractivity contribution in [3.05, 3.63) is 149 Å². The number of carbonyl (C=O) groups is 1. The van der Waals surface area contributed by atoms with Crippen molar-refractivity contribution in [2.45, 2.75) is 31.2 Å². The number of halogens is 1. The molecular formula is C36H32ClNO. The first kappa shape index (κ1) is 25.4. The molecule has 0 N–H and O–H groups in total. The first-order valence-electron chi connectivity index (χ1n) is 13.6. The molecule has 1 aliphatic carbocycles. The normalized spacial score (nSPS) is 23.8. The van der Waals surface area contributed by atoms with Crippen molar-refractivity contribution in [1.82, 2.24) is 0 Å². The van der Waals surface area contributed by atoms with Crippen LogP contribution in [0.4, 0.5) is 5.69 Å². The van der Waals surface area contributed by atoms with E-state index in [0.717, 1.165) is 34.3 Å². The summed E-state index contributed by atoms with van der Waals surface area (Å²) in [6.45, 7) is 4.59. The SMILES string of the molecule is CCC1(C)c2ccccc2N(C)C12C=C(c1ccccc1)C=C(c1ccc(Cl)cc1)C2C(=O)c1ccccc1. The second-order valence-corrected chi connectivity index (χ2v) is 11.3. The van der Waals surface area contributed by atoms with Crippen molar-refractivity contribution in [3.8, 4) is 0 Å². The number of hydrogen-bond donors (Lipinski definition) is 0. The van der Waals surface area contributed by atoms with E-state index >= 15 is 0 Å². The van der Waals surface area contributed by atoms with Crippen molar-refractivity contribution in [2.75, 3.05) is 11.9 Å². The molecule has 3 unspecified atom stereocenters. The molecule has 0 fully saturated rings. The average Bonchev–Trinajstić information content (AvgIpc) is 3.17. The maximum Gasteiger partial charge on any atom is 0.173 e. The smallest absolute Gasteiger partial charge is 0.173 e. The van der Waals surface area contributed by atoms with Crippen molar-refractivity contribution < 1.29 is 4.79 Å². The number of benzene rings is 4. The summed E-state index contributed by atoms with van der Waals surface area (Å²) in [5, 5.41) is 0.679. The van der Waals surface area contributed by atoms with Crippen LogP contribution in [-0.4, -0.2) is 18.4 Å². The molecule has 0 radical (unpaired) electrons. The summed E-state index contributed by atoms with van der Waals surface area (Å²) in [6, 6.07) is 36.8. The minimum atomic E-state index is -0.646. The molecule has 1 heterocycles. The molecule has 0 saturated carbocycles. The molecule has 39 heavy (non-hydrogen) atoms. The maximum absolute atomic E-state index is 14.8. The number of Topliss-reactive ketones (excluding diaryl/α,β-unsaturated/α-hetero) is 1. The van der Waals surface area contributed by atoms with Crippen LogP contribution in [-0.2, 0) is 5.41 Å². The van der Waals surface area contributed by atoms with Crippen LogP contribution < -0.4 is 4.90 Å². The molecule has 2 aliphatic rings. The number of nitrogens with zero attached hydrogens (tertiary/aromatic N) is 1. The van der Waals surface area contributed by atoms with Gasteiger partial charge < -0.3 is 4.90 Å². The minimum absolute atomic E-state index is 0.125. The third-order valence-corrected chi connectivity index (χ3v) is 9.30. The highest BCUT2D eigenvalue weighted by Gasteiger charge is 2.63. The summed E-state index contributed by atoms with van der Waals surface area (Å²) >= 11 is 6.34. The lowest BCUT2D eigenvalue weighted by Gasteiger charge is -2.53. The molecule has 194 valence electrons. The van der Waals surface area contributed by atoms with Crippen LogP contribution in [0.15, 0.2) is 121 Å². The summed E-state index contributed by atoms with van der Waals surface area (Å²) in [5.41, 5.74) is 6.48. The van der Waals surface area contributed by atoms with Gasteiger partial charge in [-0.15, -0.1) is 0 Å². The lowest BCUT2D eigenvalue weighted by atomic mass is 9.55. The summed E-state index contributed by atoms with van der Waals surface area (Å²) in [6.07, 6.45) is 5.48. The Balaban J connectivity index is 1.70. The molecule has 6 rings (SSSR count). The second kappa shape index (κ2) is 9.70. The van der Waals surface area contributed by atoms with Crippen LogP contribution >= 0.6 is 11.6 Å². The molecule has 1 spiro atoms. The zero-order valence-corrected chi connectivity index (χ0v) is 23.3. The number of allylic oxidation sites excluding steroid dienone is 2. The molecule has 0 aromatic heterocycles. The van der Waals surface area contributed by atoms with Crippen molar-refractivity contribution in [2.24, 2.45) is 5.92 Å². The fraction of sp³-hybridized carbons (Fsp3) is 0.194. The van der Waals surface area contributed by atoms with Crippen molar-refractivity contribution in [3.63, 3.8) is 0 Å². The lowest BCUT2D eigenvalue weighted by Crippen LogP contribution is -2.62. The van der Waals surface area contributed by atoms with Crippen LogP contribution in [0.3, 0.4) is 0 Å². The van der Waals surface area contributed by atoms with E-state index in [1.165, 1.54) is 11.3 Å². The van der Waals surface area contributed by atoms with Crippen molar-refractivity contribution in [1.29, 1.82) is 0 Å². The third kappa shape index (κ3) is 3.81.